The lowest BCUT2D eigenvalue weighted by atomic mass is 10.3. The van der Waals surface area contributed by atoms with Crippen molar-refractivity contribution in [3.05, 3.63) is 34.4 Å². The molecule has 1 aromatic rings. The molecule has 17 heavy (non-hydrogen) atoms. The van der Waals surface area contributed by atoms with Crippen molar-refractivity contribution < 1.29 is 14.5 Å². The summed E-state index contributed by atoms with van der Waals surface area (Å²) < 4.78 is 4.93. The summed E-state index contributed by atoms with van der Waals surface area (Å²) >= 11 is 0. The SMILES string of the molecule is CCOCNC(=O)Nc1ccc([N+](=O)[O-])cc1. The molecule has 0 aliphatic carbocycles. The number of amides is 2. The highest BCUT2D eigenvalue weighted by atomic mass is 16.6. The third-order valence-corrected chi connectivity index (χ3v) is 1.87. The van der Waals surface area contributed by atoms with Crippen molar-refractivity contribution in [1.82, 2.24) is 5.32 Å². The van der Waals surface area contributed by atoms with Crippen LogP contribution < -0.4 is 10.6 Å². The number of anilines is 1. The molecule has 7 nitrogen and oxygen atoms in total. The van der Waals surface area contributed by atoms with Crippen molar-refractivity contribution in [1.29, 1.82) is 0 Å². The van der Waals surface area contributed by atoms with Crippen molar-refractivity contribution in [2.75, 3.05) is 18.7 Å². The molecule has 0 heterocycles. The van der Waals surface area contributed by atoms with Crippen LogP contribution in [0.4, 0.5) is 16.2 Å². The van der Waals surface area contributed by atoms with E-state index < -0.39 is 11.0 Å². The maximum absolute atomic E-state index is 11.3. The maximum atomic E-state index is 11.3. The number of non-ortho nitro benzene ring substituents is 1. The molecule has 0 aromatic heterocycles. The molecule has 0 saturated heterocycles. The molecule has 7 heteroatoms. The zero-order valence-corrected chi connectivity index (χ0v) is 9.30. The fourth-order valence-electron chi connectivity index (χ4n) is 1.06. The van der Waals surface area contributed by atoms with E-state index in [0.717, 1.165) is 0 Å². The van der Waals surface area contributed by atoms with Crippen LogP contribution in [-0.2, 0) is 4.74 Å². The van der Waals surface area contributed by atoms with Gasteiger partial charge in [0.2, 0.25) is 0 Å². The highest BCUT2D eigenvalue weighted by Crippen LogP contribution is 2.14. The Hall–Kier alpha value is -2.15. The van der Waals surface area contributed by atoms with Crippen LogP contribution in [0, 0.1) is 10.1 Å². The van der Waals surface area contributed by atoms with Gasteiger partial charge in [-0.25, -0.2) is 4.79 Å². The van der Waals surface area contributed by atoms with Crippen LogP contribution in [-0.4, -0.2) is 24.3 Å². The van der Waals surface area contributed by atoms with E-state index in [9.17, 15) is 14.9 Å². The topological polar surface area (TPSA) is 93.5 Å². The summed E-state index contributed by atoms with van der Waals surface area (Å²) in [5, 5.41) is 15.4. The van der Waals surface area contributed by atoms with Gasteiger partial charge in [-0.3, -0.25) is 10.1 Å². The molecule has 1 aromatic carbocycles. The number of carbonyl (C=O) groups excluding carboxylic acids is 1. The number of ether oxygens (including phenoxy) is 1. The first-order chi connectivity index (χ1) is 8.13. The van der Waals surface area contributed by atoms with E-state index >= 15 is 0 Å². The quantitative estimate of drug-likeness (QED) is 0.354. The first kappa shape index (κ1) is 12.9. The number of nitrogens with zero attached hydrogens (tertiary/aromatic N) is 1. The van der Waals surface area contributed by atoms with Crippen LogP contribution in [0.25, 0.3) is 0 Å². The summed E-state index contributed by atoms with van der Waals surface area (Å²) in [6.07, 6.45) is 0. The number of nitrogens with one attached hydrogen (secondary N) is 2. The molecule has 1 rings (SSSR count). The number of hydrogen-bond donors (Lipinski definition) is 2. The summed E-state index contributed by atoms with van der Waals surface area (Å²) in [5.74, 6) is 0. The molecule has 0 fully saturated rings. The predicted octanol–water partition coefficient (Wildman–Crippen LogP) is 1.71. The molecule has 0 radical (unpaired) electrons. The fourth-order valence-corrected chi connectivity index (χ4v) is 1.06. The minimum Gasteiger partial charge on any atom is -0.361 e. The Kier molecular flexibility index (Phi) is 4.89. The minimum atomic E-state index is -0.501. The predicted molar refractivity (Wildman–Crippen MR) is 61.7 cm³/mol. The Morgan fingerprint density at radius 1 is 1.41 bits per heavy atom. The standard InChI is InChI=1S/C10H13N3O4/c1-2-17-7-11-10(14)12-8-3-5-9(6-4-8)13(15)16/h3-6H,2,7H2,1H3,(H2,11,12,14). The maximum Gasteiger partial charge on any atom is 0.321 e. The molecule has 0 unspecified atom stereocenters. The van der Waals surface area contributed by atoms with E-state index in [1.807, 2.05) is 6.92 Å². The molecule has 2 amide bonds. The lowest BCUT2D eigenvalue weighted by Crippen LogP contribution is -2.30. The monoisotopic (exact) mass is 239 g/mol. The molecular formula is C10H13N3O4. The number of nitro benzene ring substituents is 1. The summed E-state index contributed by atoms with van der Waals surface area (Å²) in [7, 11) is 0. The van der Waals surface area contributed by atoms with E-state index in [1.165, 1.54) is 24.3 Å². The number of carbonyl (C=O) groups is 1. The Bertz CT molecular complexity index is 391. The van der Waals surface area contributed by atoms with Gasteiger partial charge < -0.3 is 15.4 Å². The van der Waals surface area contributed by atoms with Gasteiger partial charge in [-0.1, -0.05) is 0 Å². The second kappa shape index (κ2) is 6.44. The van der Waals surface area contributed by atoms with Gasteiger partial charge in [-0.05, 0) is 19.1 Å². The number of benzene rings is 1. The zero-order valence-electron chi connectivity index (χ0n) is 9.30. The molecule has 0 atom stereocenters. The van der Waals surface area contributed by atoms with E-state index in [-0.39, 0.29) is 12.4 Å². The van der Waals surface area contributed by atoms with Crippen molar-refractivity contribution in [3.8, 4) is 0 Å². The lowest BCUT2D eigenvalue weighted by molar-refractivity contribution is -0.384. The molecule has 0 bridgehead atoms. The van der Waals surface area contributed by atoms with Crippen LogP contribution >= 0.6 is 0 Å². The molecule has 0 saturated carbocycles. The number of urea groups is 1. The lowest BCUT2D eigenvalue weighted by Gasteiger charge is -2.06. The fraction of sp³-hybridized carbons (Fsp3) is 0.300. The average molecular weight is 239 g/mol. The summed E-state index contributed by atoms with van der Waals surface area (Å²) in [6.45, 7) is 2.45. The molecule has 0 spiro atoms. The Morgan fingerprint density at radius 2 is 2.06 bits per heavy atom. The molecule has 92 valence electrons. The highest BCUT2D eigenvalue weighted by molar-refractivity contribution is 5.89. The van der Waals surface area contributed by atoms with Gasteiger partial charge in [0, 0.05) is 24.4 Å². The van der Waals surface area contributed by atoms with Gasteiger partial charge in [-0.15, -0.1) is 0 Å². The minimum absolute atomic E-state index is 0.0229. The number of rotatable bonds is 5. The van der Waals surface area contributed by atoms with Crippen LogP contribution in [0.1, 0.15) is 6.92 Å². The molecule has 2 N–H and O–H groups in total. The van der Waals surface area contributed by atoms with Gasteiger partial charge in [0.25, 0.3) is 5.69 Å². The Balaban J connectivity index is 2.46. The molecule has 0 aliphatic heterocycles. The summed E-state index contributed by atoms with van der Waals surface area (Å²) in [4.78, 5) is 21.2. The second-order valence-electron chi connectivity index (χ2n) is 3.07. The van der Waals surface area contributed by atoms with Crippen molar-refractivity contribution in [2.45, 2.75) is 6.92 Å². The van der Waals surface area contributed by atoms with Crippen molar-refractivity contribution in [2.24, 2.45) is 0 Å². The first-order valence-corrected chi connectivity index (χ1v) is 5.00. The van der Waals surface area contributed by atoms with Crippen LogP contribution in [0.2, 0.25) is 0 Å². The normalized spacial score (nSPS) is 9.71. The second-order valence-corrected chi connectivity index (χ2v) is 3.07. The smallest absolute Gasteiger partial charge is 0.321 e. The van der Waals surface area contributed by atoms with E-state index in [1.54, 1.807) is 0 Å². The van der Waals surface area contributed by atoms with E-state index in [4.69, 9.17) is 4.74 Å². The van der Waals surface area contributed by atoms with Crippen molar-refractivity contribution >= 4 is 17.4 Å². The van der Waals surface area contributed by atoms with Gasteiger partial charge >= 0.3 is 6.03 Å². The van der Waals surface area contributed by atoms with Crippen molar-refractivity contribution in [3.63, 3.8) is 0 Å². The Labute approximate surface area is 97.9 Å². The third kappa shape index (κ3) is 4.47. The van der Waals surface area contributed by atoms with Crippen LogP contribution in [0.3, 0.4) is 0 Å². The molecule has 0 aliphatic rings. The Morgan fingerprint density at radius 3 is 2.59 bits per heavy atom. The van der Waals surface area contributed by atoms with Gasteiger partial charge in [0.05, 0.1) is 4.92 Å². The largest absolute Gasteiger partial charge is 0.361 e. The number of hydrogen-bond acceptors (Lipinski definition) is 4. The van der Waals surface area contributed by atoms with E-state index in [0.29, 0.717) is 12.3 Å². The number of nitro groups is 1. The molecular weight excluding hydrogens is 226 g/mol. The third-order valence-electron chi connectivity index (χ3n) is 1.87. The zero-order chi connectivity index (χ0) is 12.7. The highest BCUT2D eigenvalue weighted by Gasteiger charge is 2.05. The summed E-state index contributed by atoms with van der Waals surface area (Å²) in [6, 6.07) is 5.12. The first-order valence-electron chi connectivity index (χ1n) is 5.00. The van der Waals surface area contributed by atoms with Crippen LogP contribution in [0.5, 0.6) is 0 Å². The van der Waals surface area contributed by atoms with Gasteiger partial charge in [0.1, 0.15) is 6.73 Å². The van der Waals surface area contributed by atoms with Gasteiger partial charge in [-0.2, -0.15) is 0 Å². The van der Waals surface area contributed by atoms with Crippen LogP contribution in [0.15, 0.2) is 24.3 Å². The van der Waals surface area contributed by atoms with E-state index in [2.05, 4.69) is 10.6 Å². The average Bonchev–Trinajstić information content (AvgIpc) is 2.30. The summed E-state index contributed by atoms with van der Waals surface area (Å²) in [5.41, 5.74) is 0.454. The van der Waals surface area contributed by atoms with Gasteiger partial charge in [0.15, 0.2) is 0 Å².